The number of amides is 2. The summed E-state index contributed by atoms with van der Waals surface area (Å²) in [5.41, 5.74) is 1.60. The second-order valence-electron chi connectivity index (χ2n) is 10.2. The summed E-state index contributed by atoms with van der Waals surface area (Å²) >= 11 is 0. The van der Waals surface area contributed by atoms with Gasteiger partial charge >= 0.3 is 6.09 Å². The number of hydrogen-bond donors (Lipinski definition) is 4. The van der Waals surface area contributed by atoms with Gasteiger partial charge in [-0.2, -0.15) is 0 Å². The number of H-pyrrole nitrogens is 1. The van der Waals surface area contributed by atoms with Gasteiger partial charge in [0.25, 0.3) is 0 Å². The third kappa shape index (κ3) is 6.26. The molecule has 2 aromatic carbocycles. The van der Waals surface area contributed by atoms with Crippen molar-refractivity contribution in [1.82, 2.24) is 15.6 Å². The van der Waals surface area contributed by atoms with Gasteiger partial charge in [-0.1, -0.05) is 61.9 Å². The molecular formula is C29H37N3O4. The molecule has 1 fully saturated rings. The first-order chi connectivity index (χ1) is 17.4. The van der Waals surface area contributed by atoms with Crippen molar-refractivity contribution in [3.8, 4) is 0 Å². The lowest BCUT2D eigenvalue weighted by Crippen LogP contribution is -2.60. The minimum absolute atomic E-state index is 0.151. The number of fused-ring (bicyclic) bond motifs is 1. The van der Waals surface area contributed by atoms with E-state index in [1.165, 1.54) is 0 Å². The fourth-order valence-corrected chi connectivity index (χ4v) is 5.09. The van der Waals surface area contributed by atoms with Crippen LogP contribution < -0.4 is 10.6 Å². The number of para-hydroxylation sites is 1. The Morgan fingerprint density at radius 3 is 2.58 bits per heavy atom. The number of ether oxygens (including phenoxy) is 1. The van der Waals surface area contributed by atoms with Crippen LogP contribution in [0.3, 0.4) is 0 Å². The van der Waals surface area contributed by atoms with Crippen molar-refractivity contribution in [2.75, 3.05) is 6.61 Å². The van der Waals surface area contributed by atoms with E-state index in [1.807, 2.05) is 60.8 Å². The summed E-state index contributed by atoms with van der Waals surface area (Å²) in [6, 6.07) is 17.1. The van der Waals surface area contributed by atoms with E-state index in [2.05, 4.69) is 22.5 Å². The predicted octanol–water partition coefficient (Wildman–Crippen LogP) is 4.49. The first-order valence-corrected chi connectivity index (χ1v) is 12.9. The van der Waals surface area contributed by atoms with Crippen LogP contribution in [-0.4, -0.2) is 46.4 Å². The molecule has 4 rings (SSSR count). The highest BCUT2D eigenvalue weighted by Gasteiger charge is 2.38. The molecule has 7 nitrogen and oxygen atoms in total. The number of rotatable bonds is 9. The molecule has 3 aromatic rings. The Labute approximate surface area is 212 Å². The monoisotopic (exact) mass is 491 g/mol. The van der Waals surface area contributed by atoms with E-state index in [4.69, 9.17) is 4.74 Å². The van der Waals surface area contributed by atoms with Gasteiger partial charge in [0.15, 0.2) is 0 Å². The minimum Gasteiger partial charge on any atom is -0.446 e. The molecule has 36 heavy (non-hydrogen) atoms. The number of aromatic amines is 1. The highest BCUT2D eigenvalue weighted by atomic mass is 16.6. The molecule has 1 heterocycles. The molecule has 1 aromatic heterocycles. The minimum atomic E-state index is -1.29. The number of alkyl carbamates (subject to hydrolysis) is 1. The molecule has 2 amide bonds. The number of aliphatic hydroxyl groups is 1. The Bertz CT molecular complexity index is 1160. The zero-order chi connectivity index (χ0) is 25.5. The van der Waals surface area contributed by atoms with Gasteiger partial charge in [-0.25, -0.2) is 4.79 Å². The summed E-state index contributed by atoms with van der Waals surface area (Å²) in [6.07, 6.45) is 5.93. The molecule has 0 unspecified atom stereocenters. The van der Waals surface area contributed by atoms with Crippen LogP contribution in [0.25, 0.3) is 10.9 Å². The Morgan fingerprint density at radius 1 is 1.11 bits per heavy atom. The molecule has 0 saturated heterocycles. The molecule has 1 aliphatic carbocycles. The molecule has 0 radical (unpaired) electrons. The van der Waals surface area contributed by atoms with Crippen LogP contribution in [0.2, 0.25) is 0 Å². The third-order valence-corrected chi connectivity index (χ3v) is 7.27. The van der Waals surface area contributed by atoms with Gasteiger partial charge in [0.05, 0.1) is 12.6 Å². The summed E-state index contributed by atoms with van der Waals surface area (Å²) in [5.74, 6) is -0.0701. The maximum atomic E-state index is 13.7. The van der Waals surface area contributed by atoms with Gasteiger partial charge in [0.1, 0.15) is 11.6 Å². The lowest BCUT2D eigenvalue weighted by molar-refractivity contribution is -0.128. The lowest BCUT2D eigenvalue weighted by Gasteiger charge is -2.33. The first kappa shape index (κ1) is 25.8. The first-order valence-electron chi connectivity index (χ1n) is 12.9. The van der Waals surface area contributed by atoms with E-state index in [0.29, 0.717) is 12.3 Å². The van der Waals surface area contributed by atoms with Gasteiger partial charge in [0, 0.05) is 23.5 Å². The van der Waals surface area contributed by atoms with E-state index in [-0.39, 0.29) is 25.0 Å². The van der Waals surface area contributed by atoms with Crippen LogP contribution >= 0.6 is 0 Å². The van der Waals surface area contributed by atoms with Crippen molar-refractivity contribution in [3.05, 3.63) is 71.9 Å². The zero-order valence-corrected chi connectivity index (χ0v) is 21.1. The van der Waals surface area contributed by atoms with E-state index in [9.17, 15) is 14.7 Å². The Kier molecular flexibility index (Phi) is 8.31. The zero-order valence-electron chi connectivity index (χ0n) is 21.1. The van der Waals surface area contributed by atoms with Crippen LogP contribution in [-0.2, 0) is 22.4 Å². The van der Waals surface area contributed by atoms with Crippen molar-refractivity contribution >= 4 is 22.9 Å². The number of benzene rings is 2. The molecule has 1 saturated carbocycles. The second-order valence-corrected chi connectivity index (χ2v) is 10.2. The second kappa shape index (κ2) is 11.6. The predicted molar refractivity (Wildman–Crippen MR) is 141 cm³/mol. The van der Waals surface area contributed by atoms with Crippen molar-refractivity contribution in [3.63, 3.8) is 0 Å². The van der Waals surface area contributed by atoms with Crippen LogP contribution in [0, 0.1) is 5.92 Å². The summed E-state index contributed by atoms with van der Waals surface area (Å²) in [6.45, 7) is 3.60. The number of aliphatic hydroxyl groups excluding tert-OH is 1. The van der Waals surface area contributed by atoms with Crippen molar-refractivity contribution in [1.29, 1.82) is 0 Å². The van der Waals surface area contributed by atoms with Crippen LogP contribution in [0.5, 0.6) is 0 Å². The largest absolute Gasteiger partial charge is 0.446 e. The van der Waals surface area contributed by atoms with Crippen LogP contribution in [0.15, 0.2) is 60.8 Å². The van der Waals surface area contributed by atoms with Crippen molar-refractivity contribution in [2.45, 2.75) is 70.1 Å². The number of nitrogens with one attached hydrogen (secondary N) is 3. The van der Waals surface area contributed by atoms with Crippen molar-refractivity contribution < 1.29 is 19.4 Å². The fraction of sp³-hybridized carbons (Fsp3) is 0.448. The SMILES string of the molecule is C[C@H]1CCCC[C@@H]1OC(=O)N[C@](C)(Cc1c[nH]c2ccccc12)C(=O)N[C@@H](CO)Cc1ccccc1. The summed E-state index contributed by atoms with van der Waals surface area (Å²) in [4.78, 5) is 30.0. The number of aromatic nitrogens is 1. The standard InChI is InChI=1S/C29H37N3O4/c1-20-10-6-9-15-26(20)36-28(35)32-29(2,17-22-18-30-25-14-8-7-13-24(22)25)27(34)31-23(19-33)16-21-11-4-3-5-12-21/h3-5,7-8,11-14,18,20,23,26,30,33H,6,9-10,15-17,19H2,1-2H3,(H,31,34)(H,32,35)/t20-,23+,26-,29+/m0/s1. The smallest absolute Gasteiger partial charge is 0.408 e. The number of hydrogen-bond acceptors (Lipinski definition) is 4. The summed E-state index contributed by atoms with van der Waals surface area (Å²) in [7, 11) is 0. The summed E-state index contributed by atoms with van der Waals surface area (Å²) < 4.78 is 5.80. The topological polar surface area (TPSA) is 103 Å². The highest BCUT2D eigenvalue weighted by molar-refractivity contribution is 5.91. The maximum Gasteiger partial charge on any atom is 0.408 e. The van der Waals surface area contributed by atoms with Gasteiger partial charge in [0.2, 0.25) is 5.91 Å². The van der Waals surface area contributed by atoms with Gasteiger partial charge in [-0.3, -0.25) is 4.79 Å². The van der Waals surface area contributed by atoms with E-state index < -0.39 is 17.7 Å². The van der Waals surface area contributed by atoms with Gasteiger partial charge < -0.3 is 25.5 Å². The van der Waals surface area contributed by atoms with Crippen molar-refractivity contribution in [2.24, 2.45) is 5.92 Å². The van der Waals surface area contributed by atoms with Gasteiger partial charge in [-0.05, 0) is 55.7 Å². The molecule has 1 aliphatic rings. The molecule has 4 N–H and O–H groups in total. The molecule has 0 spiro atoms. The third-order valence-electron chi connectivity index (χ3n) is 7.27. The molecule has 192 valence electrons. The Morgan fingerprint density at radius 2 is 1.83 bits per heavy atom. The Hall–Kier alpha value is -3.32. The lowest BCUT2D eigenvalue weighted by atomic mass is 9.88. The molecule has 0 aliphatic heterocycles. The average Bonchev–Trinajstić information content (AvgIpc) is 3.28. The normalized spacial score (nSPS) is 20.3. The van der Waals surface area contributed by atoms with Gasteiger partial charge in [-0.15, -0.1) is 0 Å². The maximum absolute atomic E-state index is 13.7. The molecule has 0 bridgehead atoms. The number of carbonyl (C=O) groups excluding carboxylic acids is 2. The highest BCUT2D eigenvalue weighted by Crippen LogP contribution is 2.27. The number of carbonyl (C=O) groups is 2. The quantitative estimate of drug-likeness (QED) is 0.354. The van der Waals surface area contributed by atoms with Crippen LogP contribution in [0.1, 0.15) is 50.7 Å². The summed E-state index contributed by atoms with van der Waals surface area (Å²) in [5, 5.41) is 16.8. The fourth-order valence-electron chi connectivity index (χ4n) is 5.09. The Balaban J connectivity index is 1.54. The van der Waals surface area contributed by atoms with E-state index in [0.717, 1.165) is 47.7 Å². The average molecular weight is 492 g/mol. The van der Waals surface area contributed by atoms with E-state index in [1.54, 1.807) is 6.92 Å². The van der Waals surface area contributed by atoms with E-state index >= 15 is 0 Å². The molecule has 7 heteroatoms. The molecular weight excluding hydrogens is 454 g/mol. The molecule has 4 atom stereocenters. The van der Waals surface area contributed by atoms with Crippen LogP contribution in [0.4, 0.5) is 4.79 Å².